The minimum atomic E-state index is -3.02. The molecule has 3 heterocycles. The number of benzene rings is 1. The summed E-state index contributed by atoms with van der Waals surface area (Å²) in [6.07, 6.45) is 3.15. The van der Waals surface area contributed by atoms with Gasteiger partial charge in [0.2, 0.25) is 0 Å². The van der Waals surface area contributed by atoms with Gasteiger partial charge < -0.3 is 10.2 Å². The summed E-state index contributed by atoms with van der Waals surface area (Å²) in [6, 6.07) is 11.9. The Kier molecular flexibility index (Phi) is 4.19. The van der Waals surface area contributed by atoms with Crippen molar-refractivity contribution in [2.75, 3.05) is 16.4 Å². The predicted octanol–water partition coefficient (Wildman–Crippen LogP) is 2.08. The number of rotatable bonds is 3. The molecule has 0 aliphatic carbocycles. The molecule has 0 bridgehead atoms. The van der Waals surface area contributed by atoms with Crippen LogP contribution in [0.5, 0.6) is 0 Å². The van der Waals surface area contributed by atoms with Gasteiger partial charge in [0.05, 0.1) is 23.4 Å². The Morgan fingerprint density at radius 3 is 2.73 bits per heavy atom. The lowest BCUT2D eigenvalue weighted by atomic mass is 10.1. The molecule has 7 heteroatoms. The maximum absolute atomic E-state index is 12.3. The van der Waals surface area contributed by atoms with E-state index in [9.17, 15) is 13.2 Å². The number of aromatic nitrogens is 1. The van der Waals surface area contributed by atoms with Crippen LogP contribution in [0.25, 0.3) is 0 Å². The zero-order valence-electron chi connectivity index (χ0n) is 14.6. The standard InChI is InChI=1S/C19H21N3O3S/c1-13-10-14-4-2-3-5-18(14)22(13)16-6-7-17(20-11-16)19(23)21-15-8-9-26(24,25)12-15/h2-7,11,13,15H,8-10,12H2,1H3,(H,21,23). The summed E-state index contributed by atoms with van der Waals surface area (Å²) in [7, 11) is -3.02. The molecular weight excluding hydrogens is 350 g/mol. The fourth-order valence-electron chi connectivity index (χ4n) is 3.79. The number of nitrogens with zero attached hydrogens (tertiary/aromatic N) is 2. The molecule has 4 rings (SSSR count). The van der Waals surface area contributed by atoms with Crippen molar-refractivity contribution in [1.29, 1.82) is 0 Å². The molecule has 0 radical (unpaired) electrons. The third-order valence-corrected chi connectivity index (χ3v) is 6.80. The fourth-order valence-corrected chi connectivity index (χ4v) is 5.46. The first-order valence-corrected chi connectivity index (χ1v) is 10.6. The average molecular weight is 371 g/mol. The summed E-state index contributed by atoms with van der Waals surface area (Å²) >= 11 is 0. The van der Waals surface area contributed by atoms with Gasteiger partial charge in [0.1, 0.15) is 5.69 Å². The Morgan fingerprint density at radius 2 is 2.04 bits per heavy atom. The second kappa shape index (κ2) is 6.39. The number of carbonyl (C=O) groups is 1. The molecule has 6 nitrogen and oxygen atoms in total. The van der Waals surface area contributed by atoms with E-state index in [0.29, 0.717) is 18.2 Å². The summed E-state index contributed by atoms with van der Waals surface area (Å²) in [4.78, 5) is 18.9. The number of amides is 1. The summed E-state index contributed by atoms with van der Waals surface area (Å²) in [5.74, 6) is -0.177. The molecule has 1 amide bonds. The lowest BCUT2D eigenvalue weighted by molar-refractivity contribution is 0.0936. The molecule has 2 aliphatic heterocycles. The quantitative estimate of drug-likeness (QED) is 0.894. The van der Waals surface area contributed by atoms with E-state index in [-0.39, 0.29) is 23.5 Å². The van der Waals surface area contributed by atoms with E-state index in [0.717, 1.165) is 12.1 Å². The van der Waals surface area contributed by atoms with E-state index in [2.05, 4.69) is 34.3 Å². The maximum atomic E-state index is 12.3. The molecule has 0 saturated carbocycles. The average Bonchev–Trinajstić information content (AvgIpc) is 3.13. The number of anilines is 2. The van der Waals surface area contributed by atoms with Crippen LogP contribution in [0.15, 0.2) is 42.6 Å². The summed E-state index contributed by atoms with van der Waals surface area (Å²) in [6.45, 7) is 2.17. The molecule has 2 aromatic rings. The third-order valence-electron chi connectivity index (χ3n) is 5.03. The lowest BCUT2D eigenvalue weighted by Crippen LogP contribution is -2.36. The van der Waals surface area contributed by atoms with Crippen LogP contribution in [0.4, 0.5) is 11.4 Å². The predicted molar refractivity (Wildman–Crippen MR) is 101 cm³/mol. The molecule has 2 aliphatic rings. The molecule has 1 aromatic heterocycles. The number of fused-ring (bicyclic) bond motifs is 1. The SMILES string of the molecule is CC1Cc2ccccc2N1c1ccc(C(=O)NC2CCS(=O)(=O)C2)nc1. The molecule has 136 valence electrons. The highest BCUT2D eigenvalue weighted by atomic mass is 32.2. The van der Waals surface area contributed by atoms with Crippen molar-refractivity contribution < 1.29 is 13.2 Å². The molecule has 1 N–H and O–H groups in total. The van der Waals surface area contributed by atoms with E-state index < -0.39 is 9.84 Å². The molecule has 1 fully saturated rings. The zero-order chi connectivity index (χ0) is 18.3. The van der Waals surface area contributed by atoms with Gasteiger partial charge in [0.25, 0.3) is 5.91 Å². The number of para-hydroxylation sites is 1. The van der Waals surface area contributed by atoms with Crippen molar-refractivity contribution in [3.8, 4) is 0 Å². The molecular formula is C19H21N3O3S. The van der Waals surface area contributed by atoms with Crippen molar-refractivity contribution in [2.24, 2.45) is 0 Å². The van der Waals surface area contributed by atoms with Gasteiger partial charge in [-0.25, -0.2) is 13.4 Å². The van der Waals surface area contributed by atoms with Crippen molar-refractivity contribution in [2.45, 2.75) is 31.8 Å². The lowest BCUT2D eigenvalue weighted by Gasteiger charge is -2.24. The second-order valence-electron chi connectivity index (χ2n) is 7.03. The smallest absolute Gasteiger partial charge is 0.270 e. The van der Waals surface area contributed by atoms with Crippen molar-refractivity contribution in [3.05, 3.63) is 53.9 Å². The minimum absolute atomic E-state index is 0.0128. The van der Waals surface area contributed by atoms with Gasteiger partial charge in [0, 0.05) is 17.8 Å². The van der Waals surface area contributed by atoms with Gasteiger partial charge in [-0.05, 0) is 43.5 Å². The minimum Gasteiger partial charge on any atom is -0.347 e. The number of hydrogen-bond acceptors (Lipinski definition) is 5. The molecule has 1 aromatic carbocycles. The van der Waals surface area contributed by atoms with Crippen LogP contribution in [-0.4, -0.2) is 42.9 Å². The molecule has 2 unspecified atom stereocenters. The van der Waals surface area contributed by atoms with E-state index in [4.69, 9.17) is 0 Å². The number of pyridine rings is 1. The van der Waals surface area contributed by atoms with Gasteiger partial charge in [-0.1, -0.05) is 18.2 Å². The van der Waals surface area contributed by atoms with Gasteiger partial charge in [0.15, 0.2) is 9.84 Å². The van der Waals surface area contributed by atoms with Gasteiger partial charge >= 0.3 is 0 Å². The van der Waals surface area contributed by atoms with E-state index in [1.54, 1.807) is 12.3 Å². The first kappa shape index (κ1) is 17.0. The number of sulfone groups is 1. The van der Waals surface area contributed by atoms with Crippen LogP contribution in [0.1, 0.15) is 29.4 Å². The van der Waals surface area contributed by atoms with Crippen LogP contribution in [0.2, 0.25) is 0 Å². The first-order chi connectivity index (χ1) is 12.4. The molecule has 1 saturated heterocycles. The van der Waals surface area contributed by atoms with Gasteiger partial charge in [-0.2, -0.15) is 0 Å². The van der Waals surface area contributed by atoms with Crippen LogP contribution < -0.4 is 10.2 Å². The largest absolute Gasteiger partial charge is 0.347 e. The maximum Gasteiger partial charge on any atom is 0.270 e. The molecule has 2 atom stereocenters. The van der Waals surface area contributed by atoms with Crippen molar-refractivity contribution in [3.63, 3.8) is 0 Å². The summed E-state index contributed by atoms with van der Waals surface area (Å²) in [5, 5.41) is 2.77. The Bertz CT molecular complexity index is 941. The zero-order valence-corrected chi connectivity index (χ0v) is 15.4. The summed E-state index contributed by atoms with van der Waals surface area (Å²) in [5.41, 5.74) is 3.74. The van der Waals surface area contributed by atoms with E-state index in [1.807, 2.05) is 18.2 Å². The van der Waals surface area contributed by atoms with Gasteiger partial charge in [-0.15, -0.1) is 0 Å². The van der Waals surface area contributed by atoms with E-state index >= 15 is 0 Å². The van der Waals surface area contributed by atoms with Gasteiger partial charge in [-0.3, -0.25) is 4.79 Å². The number of hydrogen-bond donors (Lipinski definition) is 1. The Morgan fingerprint density at radius 1 is 1.23 bits per heavy atom. The Labute approximate surface area is 153 Å². The highest BCUT2D eigenvalue weighted by Gasteiger charge is 2.30. The van der Waals surface area contributed by atoms with Crippen LogP contribution >= 0.6 is 0 Å². The second-order valence-corrected chi connectivity index (χ2v) is 9.26. The third kappa shape index (κ3) is 3.19. The van der Waals surface area contributed by atoms with Crippen molar-refractivity contribution >= 4 is 27.1 Å². The monoisotopic (exact) mass is 371 g/mol. The van der Waals surface area contributed by atoms with E-state index in [1.165, 1.54) is 11.3 Å². The Balaban J connectivity index is 1.50. The number of carbonyl (C=O) groups excluding carboxylic acids is 1. The van der Waals surface area contributed by atoms with Crippen LogP contribution in [0.3, 0.4) is 0 Å². The first-order valence-electron chi connectivity index (χ1n) is 8.77. The number of nitrogens with one attached hydrogen (secondary N) is 1. The van der Waals surface area contributed by atoms with Crippen molar-refractivity contribution in [1.82, 2.24) is 10.3 Å². The summed E-state index contributed by atoms with van der Waals surface area (Å²) < 4.78 is 23.0. The normalized spacial score (nSPS) is 23.7. The topological polar surface area (TPSA) is 79.4 Å². The fraction of sp³-hybridized carbons (Fsp3) is 0.368. The molecule has 0 spiro atoms. The van der Waals surface area contributed by atoms with Crippen LogP contribution in [0, 0.1) is 0 Å². The highest BCUT2D eigenvalue weighted by Crippen LogP contribution is 2.37. The van der Waals surface area contributed by atoms with Crippen LogP contribution in [-0.2, 0) is 16.3 Å². The highest BCUT2D eigenvalue weighted by molar-refractivity contribution is 7.91. The Hall–Kier alpha value is -2.41. The molecule has 26 heavy (non-hydrogen) atoms.